The Morgan fingerprint density at radius 3 is 2.48 bits per heavy atom. The lowest BCUT2D eigenvalue weighted by Crippen LogP contribution is -2.51. The third-order valence-electron chi connectivity index (χ3n) is 5.12. The molecule has 6 nitrogen and oxygen atoms in total. The summed E-state index contributed by atoms with van der Waals surface area (Å²) in [6.07, 6.45) is 2.67. The SMILES string of the molecule is CC(C(=O)N1CCN(Cc2nccn2C(F)F)CC1)C(N)c1ccccc1. The van der Waals surface area contributed by atoms with Gasteiger partial charge in [0, 0.05) is 44.6 Å². The molecule has 2 heterocycles. The molecular weight excluding hydrogens is 352 g/mol. The van der Waals surface area contributed by atoms with Crippen molar-refractivity contribution < 1.29 is 13.6 Å². The van der Waals surface area contributed by atoms with Crippen LogP contribution >= 0.6 is 0 Å². The van der Waals surface area contributed by atoms with Crippen LogP contribution in [0, 0.1) is 5.92 Å². The topological polar surface area (TPSA) is 67.4 Å². The summed E-state index contributed by atoms with van der Waals surface area (Å²) in [5.74, 6) is 0.0426. The van der Waals surface area contributed by atoms with Crippen molar-refractivity contribution in [2.24, 2.45) is 11.7 Å². The predicted molar refractivity (Wildman–Crippen MR) is 97.9 cm³/mol. The molecule has 0 radical (unpaired) electrons. The van der Waals surface area contributed by atoms with Gasteiger partial charge in [0.2, 0.25) is 5.91 Å². The zero-order chi connectivity index (χ0) is 19.4. The quantitative estimate of drug-likeness (QED) is 0.839. The molecule has 1 fully saturated rings. The highest BCUT2D eigenvalue weighted by atomic mass is 19.3. The summed E-state index contributed by atoms with van der Waals surface area (Å²) in [7, 11) is 0. The van der Waals surface area contributed by atoms with Crippen molar-refractivity contribution in [2.75, 3.05) is 26.2 Å². The Morgan fingerprint density at radius 2 is 1.85 bits per heavy atom. The van der Waals surface area contributed by atoms with E-state index >= 15 is 0 Å². The highest BCUT2D eigenvalue weighted by Crippen LogP contribution is 2.22. The lowest BCUT2D eigenvalue weighted by molar-refractivity contribution is -0.137. The maximum Gasteiger partial charge on any atom is 0.319 e. The van der Waals surface area contributed by atoms with E-state index in [-0.39, 0.29) is 17.9 Å². The van der Waals surface area contributed by atoms with Gasteiger partial charge in [-0.3, -0.25) is 14.3 Å². The van der Waals surface area contributed by atoms with Gasteiger partial charge in [0.25, 0.3) is 0 Å². The normalized spacial score (nSPS) is 17.9. The van der Waals surface area contributed by atoms with Gasteiger partial charge < -0.3 is 10.6 Å². The highest BCUT2D eigenvalue weighted by molar-refractivity contribution is 5.79. The third kappa shape index (κ3) is 4.51. The Labute approximate surface area is 157 Å². The Hall–Kier alpha value is -2.32. The fourth-order valence-electron chi connectivity index (χ4n) is 3.38. The number of aromatic nitrogens is 2. The summed E-state index contributed by atoms with van der Waals surface area (Å²) < 4.78 is 26.7. The lowest BCUT2D eigenvalue weighted by atomic mass is 9.94. The minimum atomic E-state index is -2.59. The van der Waals surface area contributed by atoms with Gasteiger partial charge in [0.15, 0.2) is 0 Å². The molecule has 0 spiro atoms. The molecule has 146 valence electrons. The average Bonchev–Trinajstić information content (AvgIpc) is 3.16. The molecule has 3 rings (SSSR count). The van der Waals surface area contributed by atoms with Gasteiger partial charge in [-0.1, -0.05) is 37.3 Å². The molecule has 2 atom stereocenters. The van der Waals surface area contributed by atoms with Crippen LogP contribution in [0.3, 0.4) is 0 Å². The van der Waals surface area contributed by atoms with Crippen molar-refractivity contribution in [2.45, 2.75) is 26.1 Å². The van der Waals surface area contributed by atoms with E-state index in [0.29, 0.717) is 38.5 Å². The zero-order valence-corrected chi connectivity index (χ0v) is 15.3. The molecule has 2 N–H and O–H groups in total. The largest absolute Gasteiger partial charge is 0.340 e. The van der Waals surface area contributed by atoms with Crippen LogP contribution < -0.4 is 5.73 Å². The minimum Gasteiger partial charge on any atom is -0.340 e. The van der Waals surface area contributed by atoms with E-state index in [2.05, 4.69) is 4.98 Å². The summed E-state index contributed by atoms with van der Waals surface area (Å²) in [5.41, 5.74) is 7.21. The van der Waals surface area contributed by atoms with E-state index < -0.39 is 6.55 Å². The molecule has 1 aliphatic heterocycles. The van der Waals surface area contributed by atoms with Crippen LogP contribution in [0.4, 0.5) is 8.78 Å². The van der Waals surface area contributed by atoms with Crippen LogP contribution in [0.5, 0.6) is 0 Å². The number of carbonyl (C=O) groups is 1. The predicted octanol–water partition coefficient (Wildman–Crippen LogP) is 2.26. The molecule has 1 aromatic heterocycles. The second kappa shape index (κ2) is 8.58. The van der Waals surface area contributed by atoms with Crippen LogP contribution in [0.1, 0.15) is 30.9 Å². The number of hydrogen-bond donors (Lipinski definition) is 1. The first-order chi connectivity index (χ1) is 13.0. The molecule has 8 heteroatoms. The van der Waals surface area contributed by atoms with Gasteiger partial charge in [-0.05, 0) is 5.56 Å². The number of piperazine rings is 1. The van der Waals surface area contributed by atoms with E-state index in [1.807, 2.05) is 47.1 Å². The van der Waals surface area contributed by atoms with Crippen molar-refractivity contribution >= 4 is 5.91 Å². The van der Waals surface area contributed by atoms with Gasteiger partial charge in [-0.25, -0.2) is 4.98 Å². The second-order valence-corrected chi connectivity index (χ2v) is 6.85. The number of halogens is 2. The third-order valence-corrected chi connectivity index (χ3v) is 5.12. The molecule has 1 aromatic carbocycles. The number of rotatable bonds is 6. The summed E-state index contributed by atoms with van der Waals surface area (Å²) in [6, 6.07) is 9.24. The molecule has 0 bridgehead atoms. The minimum absolute atomic E-state index is 0.0279. The number of imidazole rings is 1. The fraction of sp³-hybridized carbons (Fsp3) is 0.474. The van der Waals surface area contributed by atoms with Gasteiger partial charge in [-0.2, -0.15) is 8.78 Å². The molecule has 1 saturated heterocycles. The Morgan fingerprint density at radius 1 is 1.19 bits per heavy atom. The van der Waals surface area contributed by atoms with Crippen LogP contribution in [-0.4, -0.2) is 51.4 Å². The fourth-order valence-corrected chi connectivity index (χ4v) is 3.38. The Kier molecular flexibility index (Phi) is 6.18. The van der Waals surface area contributed by atoms with Gasteiger partial charge in [0.05, 0.1) is 12.5 Å². The van der Waals surface area contributed by atoms with E-state index in [1.165, 1.54) is 12.4 Å². The van der Waals surface area contributed by atoms with E-state index in [9.17, 15) is 13.6 Å². The van der Waals surface area contributed by atoms with E-state index in [4.69, 9.17) is 5.73 Å². The van der Waals surface area contributed by atoms with Crippen LogP contribution in [-0.2, 0) is 11.3 Å². The standard InChI is InChI=1S/C19H25F2N5O/c1-14(17(22)15-5-3-2-4-6-15)18(27)25-11-9-24(10-12-25)13-16-23-7-8-26(16)19(20)21/h2-8,14,17,19H,9-13,22H2,1H3. The number of amides is 1. The first-order valence-corrected chi connectivity index (χ1v) is 9.09. The number of carbonyl (C=O) groups excluding carboxylic acids is 1. The van der Waals surface area contributed by atoms with Crippen LogP contribution in [0.25, 0.3) is 0 Å². The average molecular weight is 377 g/mol. The Bertz CT molecular complexity index is 744. The first kappa shape index (κ1) is 19.4. The smallest absolute Gasteiger partial charge is 0.319 e. The van der Waals surface area contributed by atoms with Crippen LogP contribution in [0.15, 0.2) is 42.7 Å². The van der Waals surface area contributed by atoms with Crippen molar-refractivity contribution in [3.63, 3.8) is 0 Å². The molecule has 0 aliphatic carbocycles. The van der Waals surface area contributed by atoms with E-state index in [1.54, 1.807) is 0 Å². The summed E-state index contributed by atoms with van der Waals surface area (Å²) >= 11 is 0. The molecule has 2 unspecified atom stereocenters. The summed E-state index contributed by atoms with van der Waals surface area (Å²) in [5, 5.41) is 0. The van der Waals surface area contributed by atoms with E-state index in [0.717, 1.165) is 10.1 Å². The monoisotopic (exact) mass is 377 g/mol. The second-order valence-electron chi connectivity index (χ2n) is 6.85. The zero-order valence-electron chi connectivity index (χ0n) is 15.3. The van der Waals surface area contributed by atoms with Gasteiger partial charge in [0.1, 0.15) is 5.82 Å². The van der Waals surface area contributed by atoms with Crippen molar-refractivity contribution in [3.8, 4) is 0 Å². The van der Waals surface area contributed by atoms with Gasteiger partial charge >= 0.3 is 6.55 Å². The molecule has 1 aliphatic rings. The number of nitrogens with two attached hydrogens (primary N) is 1. The maximum absolute atomic E-state index is 12.9. The van der Waals surface area contributed by atoms with Crippen molar-refractivity contribution in [1.29, 1.82) is 0 Å². The van der Waals surface area contributed by atoms with Crippen molar-refractivity contribution in [3.05, 3.63) is 54.1 Å². The number of alkyl halides is 2. The lowest BCUT2D eigenvalue weighted by Gasteiger charge is -2.36. The molecule has 0 saturated carbocycles. The molecule has 2 aromatic rings. The Balaban J connectivity index is 1.54. The van der Waals surface area contributed by atoms with Gasteiger partial charge in [-0.15, -0.1) is 0 Å². The molecule has 1 amide bonds. The molecular formula is C19H25F2N5O. The maximum atomic E-state index is 12.9. The van der Waals surface area contributed by atoms with Crippen LogP contribution in [0.2, 0.25) is 0 Å². The van der Waals surface area contributed by atoms with Crippen molar-refractivity contribution in [1.82, 2.24) is 19.4 Å². The molecule has 27 heavy (non-hydrogen) atoms. The highest BCUT2D eigenvalue weighted by Gasteiger charge is 2.29. The summed E-state index contributed by atoms with van der Waals surface area (Å²) in [6.45, 7) is 1.96. The first-order valence-electron chi connectivity index (χ1n) is 9.09. The summed E-state index contributed by atoms with van der Waals surface area (Å²) in [4.78, 5) is 20.7. The number of nitrogens with zero attached hydrogens (tertiary/aromatic N) is 4. The number of hydrogen-bond acceptors (Lipinski definition) is 4. The number of benzene rings is 1.